The highest BCUT2D eigenvalue weighted by Crippen LogP contribution is 2.30. The second-order valence-electron chi connectivity index (χ2n) is 7.78. The number of aryl methyl sites for hydroxylation is 1. The number of hydrogen-bond donors (Lipinski definition) is 2. The second kappa shape index (κ2) is 11.9. The molecule has 10 heteroatoms. The SMILES string of the molecule is COc1cc(/C=N\NC(=O)Cc2cccc(C(F)(F)F)c2)ccc1OCC(=O)Nc1ccc(C)cc1. The number of nitrogens with zero attached hydrogens (tertiary/aromatic N) is 1. The van der Waals surface area contributed by atoms with Crippen LogP contribution in [0.25, 0.3) is 0 Å². The van der Waals surface area contributed by atoms with E-state index in [0.29, 0.717) is 22.7 Å². The highest BCUT2D eigenvalue weighted by atomic mass is 19.4. The summed E-state index contributed by atoms with van der Waals surface area (Å²) in [5.74, 6) is -0.230. The topological polar surface area (TPSA) is 89.0 Å². The van der Waals surface area contributed by atoms with E-state index < -0.39 is 17.6 Å². The van der Waals surface area contributed by atoms with Crippen molar-refractivity contribution in [1.82, 2.24) is 5.43 Å². The largest absolute Gasteiger partial charge is 0.493 e. The first-order valence-electron chi connectivity index (χ1n) is 10.8. The monoisotopic (exact) mass is 499 g/mol. The van der Waals surface area contributed by atoms with Gasteiger partial charge in [-0.25, -0.2) is 5.43 Å². The Balaban J connectivity index is 1.53. The Morgan fingerprint density at radius 3 is 2.42 bits per heavy atom. The molecule has 0 radical (unpaired) electrons. The summed E-state index contributed by atoms with van der Waals surface area (Å²) in [4.78, 5) is 24.2. The predicted octanol–water partition coefficient (Wildman–Crippen LogP) is 4.73. The molecule has 0 spiro atoms. The van der Waals surface area contributed by atoms with E-state index in [9.17, 15) is 22.8 Å². The summed E-state index contributed by atoms with van der Waals surface area (Å²) < 4.78 is 49.3. The molecular weight excluding hydrogens is 475 g/mol. The number of benzene rings is 3. The molecule has 0 saturated carbocycles. The minimum atomic E-state index is -4.48. The number of ether oxygens (including phenoxy) is 2. The van der Waals surface area contributed by atoms with Crippen LogP contribution in [0.5, 0.6) is 11.5 Å². The highest BCUT2D eigenvalue weighted by Gasteiger charge is 2.30. The molecule has 0 heterocycles. The molecule has 188 valence electrons. The Morgan fingerprint density at radius 2 is 1.72 bits per heavy atom. The Morgan fingerprint density at radius 1 is 0.972 bits per heavy atom. The number of rotatable bonds is 9. The average Bonchev–Trinajstić information content (AvgIpc) is 2.84. The molecule has 0 saturated heterocycles. The van der Waals surface area contributed by atoms with Crippen molar-refractivity contribution in [3.8, 4) is 11.5 Å². The summed E-state index contributed by atoms with van der Waals surface area (Å²) >= 11 is 0. The smallest absolute Gasteiger partial charge is 0.416 e. The van der Waals surface area contributed by atoms with Crippen molar-refractivity contribution < 1.29 is 32.2 Å². The van der Waals surface area contributed by atoms with Gasteiger partial charge in [-0.2, -0.15) is 18.3 Å². The number of anilines is 1. The lowest BCUT2D eigenvalue weighted by atomic mass is 10.1. The van der Waals surface area contributed by atoms with Crippen molar-refractivity contribution in [3.05, 3.63) is 89.0 Å². The van der Waals surface area contributed by atoms with Crippen molar-refractivity contribution in [3.63, 3.8) is 0 Å². The van der Waals surface area contributed by atoms with Gasteiger partial charge in [0.1, 0.15) is 0 Å². The van der Waals surface area contributed by atoms with Gasteiger partial charge in [-0.15, -0.1) is 0 Å². The van der Waals surface area contributed by atoms with E-state index in [2.05, 4.69) is 15.8 Å². The van der Waals surface area contributed by atoms with E-state index in [-0.39, 0.29) is 24.5 Å². The predicted molar refractivity (Wildman–Crippen MR) is 129 cm³/mol. The molecule has 0 fully saturated rings. The molecule has 0 aliphatic rings. The number of amides is 2. The summed E-state index contributed by atoms with van der Waals surface area (Å²) in [5.41, 5.74) is 3.97. The van der Waals surface area contributed by atoms with Crippen molar-refractivity contribution in [1.29, 1.82) is 0 Å². The quantitative estimate of drug-likeness (QED) is 0.329. The van der Waals surface area contributed by atoms with Crippen LogP contribution in [0.1, 0.15) is 22.3 Å². The fourth-order valence-corrected chi connectivity index (χ4v) is 3.12. The number of carbonyl (C=O) groups excluding carboxylic acids is 2. The summed E-state index contributed by atoms with van der Waals surface area (Å²) in [7, 11) is 1.44. The number of hydrogen-bond acceptors (Lipinski definition) is 5. The van der Waals surface area contributed by atoms with E-state index in [1.807, 2.05) is 19.1 Å². The van der Waals surface area contributed by atoms with Crippen LogP contribution in [0.2, 0.25) is 0 Å². The minimum Gasteiger partial charge on any atom is -0.493 e. The molecule has 36 heavy (non-hydrogen) atoms. The van der Waals surface area contributed by atoms with Gasteiger partial charge in [0.15, 0.2) is 18.1 Å². The summed E-state index contributed by atoms with van der Waals surface area (Å²) in [6, 6.07) is 16.7. The summed E-state index contributed by atoms with van der Waals surface area (Å²) in [5, 5.41) is 6.57. The first-order valence-corrected chi connectivity index (χ1v) is 10.8. The Hall–Kier alpha value is -4.34. The van der Waals surface area contributed by atoms with E-state index in [0.717, 1.165) is 17.7 Å². The molecule has 3 rings (SSSR count). The zero-order valence-electron chi connectivity index (χ0n) is 19.6. The van der Waals surface area contributed by atoms with Gasteiger partial charge in [0.25, 0.3) is 5.91 Å². The van der Waals surface area contributed by atoms with Crippen molar-refractivity contribution in [2.45, 2.75) is 19.5 Å². The lowest BCUT2D eigenvalue weighted by Crippen LogP contribution is -2.20. The van der Waals surface area contributed by atoms with Gasteiger partial charge in [-0.05, 0) is 54.4 Å². The average molecular weight is 499 g/mol. The lowest BCUT2D eigenvalue weighted by Gasteiger charge is -2.11. The van der Waals surface area contributed by atoms with Gasteiger partial charge in [-0.3, -0.25) is 9.59 Å². The van der Waals surface area contributed by atoms with Gasteiger partial charge < -0.3 is 14.8 Å². The fourth-order valence-electron chi connectivity index (χ4n) is 3.12. The van der Waals surface area contributed by atoms with Gasteiger partial charge >= 0.3 is 6.18 Å². The molecule has 2 N–H and O–H groups in total. The van der Waals surface area contributed by atoms with Crippen LogP contribution < -0.4 is 20.2 Å². The first-order chi connectivity index (χ1) is 17.1. The van der Waals surface area contributed by atoms with Gasteiger partial charge in [-0.1, -0.05) is 35.9 Å². The van der Waals surface area contributed by atoms with E-state index >= 15 is 0 Å². The maximum absolute atomic E-state index is 12.8. The van der Waals surface area contributed by atoms with Gasteiger partial charge in [0, 0.05) is 5.69 Å². The van der Waals surface area contributed by atoms with Crippen LogP contribution in [0.15, 0.2) is 71.8 Å². The number of methoxy groups -OCH3 is 1. The highest BCUT2D eigenvalue weighted by molar-refractivity contribution is 5.92. The van der Waals surface area contributed by atoms with E-state index in [1.165, 1.54) is 25.5 Å². The van der Waals surface area contributed by atoms with Crippen molar-refractivity contribution in [2.75, 3.05) is 19.0 Å². The number of carbonyl (C=O) groups is 2. The maximum Gasteiger partial charge on any atom is 0.416 e. The number of alkyl halides is 3. The van der Waals surface area contributed by atoms with Crippen LogP contribution in [-0.4, -0.2) is 31.7 Å². The third-order valence-electron chi connectivity index (χ3n) is 4.90. The molecule has 0 aromatic heterocycles. The second-order valence-corrected chi connectivity index (χ2v) is 7.78. The molecule has 0 atom stereocenters. The van der Waals surface area contributed by atoms with Crippen molar-refractivity contribution in [2.24, 2.45) is 5.10 Å². The molecule has 7 nitrogen and oxygen atoms in total. The lowest BCUT2D eigenvalue weighted by molar-refractivity contribution is -0.137. The van der Waals surface area contributed by atoms with Crippen LogP contribution in [0.4, 0.5) is 18.9 Å². The molecule has 3 aromatic carbocycles. The van der Waals surface area contributed by atoms with Crippen molar-refractivity contribution >= 4 is 23.7 Å². The van der Waals surface area contributed by atoms with Crippen LogP contribution in [0.3, 0.4) is 0 Å². The number of hydrazone groups is 1. The molecule has 0 aliphatic heterocycles. The van der Waals surface area contributed by atoms with E-state index in [4.69, 9.17) is 9.47 Å². The van der Waals surface area contributed by atoms with Crippen LogP contribution in [0, 0.1) is 6.92 Å². The molecule has 0 bridgehead atoms. The number of nitrogens with one attached hydrogen (secondary N) is 2. The normalized spacial score (nSPS) is 11.2. The van der Waals surface area contributed by atoms with Crippen LogP contribution in [-0.2, 0) is 22.2 Å². The zero-order chi connectivity index (χ0) is 26.1. The Bertz CT molecular complexity index is 1240. The maximum atomic E-state index is 12.8. The Kier molecular flexibility index (Phi) is 8.66. The summed E-state index contributed by atoms with van der Waals surface area (Å²) in [6.07, 6.45) is -3.40. The molecule has 0 aliphatic carbocycles. The first kappa shape index (κ1) is 26.3. The molecular formula is C26H24F3N3O4. The van der Waals surface area contributed by atoms with E-state index in [1.54, 1.807) is 30.3 Å². The molecule has 3 aromatic rings. The minimum absolute atomic E-state index is 0.215. The standard InChI is InChI=1S/C26H24F3N3O4/c1-17-6-9-21(10-7-17)31-25(34)16-36-22-11-8-19(13-23(22)35-2)15-30-32-24(33)14-18-4-3-5-20(12-18)26(27,28)29/h3-13,15H,14,16H2,1-2H3,(H,31,34)(H,32,33)/b30-15-. The summed E-state index contributed by atoms with van der Waals surface area (Å²) in [6.45, 7) is 1.72. The zero-order valence-corrected chi connectivity index (χ0v) is 19.6. The fraction of sp³-hybridized carbons (Fsp3) is 0.192. The van der Waals surface area contributed by atoms with Gasteiger partial charge in [0.2, 0.25) is 5.91 Å². The third kappa shape index (κ3) is 7.86. The number of halogens is 3. The van der Waals surface area contributed by atoms with Crippen LogP contribution >= 0.6 is 0 Å². The van der Waals surface area contributed by atoms with Gasteiger partial charge in [0.05, 0.1) is 25.3 Å². The molecule has 2 amide bonds. The third-order valence-corrected chi connectivity index (χ3v) is 4.90. The Labute approximate surface area is 205 Å². The molecule has 0 unspecified atom stereocenters.